The molecule has 1 aromatic carbocycles. The number of nitrogens with one attached hydrogen (secondary N) is 2. The predicted octanol–water partition coefficient (Wildman–Crippen LogP) is 2.04. The molecule has 1 heterocycles. The minimum absolute atomic E-state index is 0.00646. The molecule has 1 saturated carbocycles. The lowest BCUT2D eigenvalue weighted by atomic mass is 9.97. The van der Waals surface area contributed by atoms with Crippen molar-refractivity contribution >= 4 is 11.9 Å². The molecule has 1 unspecified atom stereocenters. The van der Waals surface area contributed by atoms with Gasteiger partial charge in [-0.15, -0.1) is 0 Å². The molecule has 1 amide bonds. The number of carbonyl (C=O) groups excluding carboxylic acids is 1. The van der Waals surface area contributed by atoms with Gasteiger partial charge < -0.3 is 26.0 Å². The SMILES string of the molecule is CN=C(NCCCN1CCCC(C(N)=O)C1)NCc1ccc(C)cc1OCC1CC1. The van der Waals surface area contributed by atoms with Crippen LogP contribution in [0.4, 0.5) is 0 Å². The van der Waals surface area contributed by atoms with Gasteiger partial charge in [-0.1, -0.05) is 12.1 Å². The van der Waals surface area contributed by atoms with E-state index in [0.717, 1.165) is 75.2 Å². The number of rotatable bonds is 10. The number of benzene rings is 1. The highest BCUT2D eigenvalue weighted by molar-refractivity contribution is 5.79. The van der Waals surface area contributed by atoms with Crippen molar-refractivity contribution in [3.8, 4) is 5.75 Å². The van der Waals surface area contributed by atoms with Crippen molar-refractivity contribution in [2.45, 2.75) is 45.6 Å². The summed E-state index contributed by atoms with van der Waals surface area (Å²) in [4.78, 5) is 18.1. The van der Waals surface area contributed by atoms with Crippen LogP contribution < -0.4 is 21.1 Å². The van der Waals surface area contributed by atoms with E-state index in [1.807, 2.05) is 0 Å². The van der Waals surface area contributed by atoms with Crippen molar-refractivity contribution in [3.63, 3.8) is 0 Å². The van der Waals surface area contributed by atoms with Gasteiger partial charge in [0.2, 0.25) is 5.91 Å². The second-order valence-corrected chi connectivity index (χ2v) is 8.61. The minimum atomic E-state index is -0.168. The molecule has 30 heavy (non-hydrogen) atoms. The molecule has 0 radical (unpaired) electrons. The number of nitrogens with two attached hydrogens (primary N) is 1. The maximum Gasteiger partial charge on any atom is 0.221 e. The topological polar surface area (TPSA) is 92.0 Å². The van der Waals surface area contributed by atoms with E-state index in [0.29, 0.717) is 6.54 Å². The van der Waals surface area contributed by atoms with Crippen LogP contribution in [0.25, 0.3) is 0 Å². The first-order valence-electron chi connectivity index (χ1n) is 11.2. The third kappa shape index (κ3) is 7.20. The van der Waals surface area contributed by atoms with E-state index in [2.05, 4.69) is 45.6 Å². The maximum atomic E-state index is 11.4. The number of aryl methyl sites for hydroxylation is 1. The number of piperidine rings is 1. The van der Waals surface area contributed by atoms with Crippen LogP contribution in [0.3, 0.4) is 0 Å². The number of ether oxygens (including phenoxy) is 1. The van der Waals surface area contributed by atoms with Gasteiger partial charge >= 0.3 is 0 Å². The standard InChI is InChI=1S/C23H37N5O2/c1-17-6-9-19(21(13-17)30-16-18-7-8-18)14-27-23(25-2)26-10-4-12-28-11-3-5-20(15-28)22(24)29/h6,9,13,18,20H,3-5,7-8,10-12,14-16H2,1-2H3,(H2,24,29)(H2,25,26,27). The van der Waals surface area contributed by atoms with Crippen LogP contribution in [0.15, 0.2) is 23.2 Å². The monoisotopic (exact) mass is 415 g/mol. The van der Waals surface area contributed by atoms with Crippen molar-refractivity contribution in [1.82, 2.24) is 15.5 Å². The van der Waals surface area contributed by atoms with Crippen molar-refractivity contribution < 1.29 is 9.53 Å². The number of nitrogens with zero attached hydrogens (tertiary/aromatic N) is 2. The van der Waals surface area contributed by atoms with Gasteiger partial charge in [0.1, 0.15) is 5.75 Å². The van der Waals surface area contributed by atoms with Crippen LogP contribution in [0.5, 0.6) is 5.75 Å². The van der Waals surface area contributed by atoms with Gasteiger partial charge in [0.15, 0.2) is 5.96 Å². The van der Waals surface area contributed by atoms with E-state index in [1.165, 1.54) is 18.4 Å². The van der Waals surface area contributed by atoms with Gasteiger partial charge in [-0.3, -0.25) is 9.79 Å². The van der Waals surface area contributed by atoms with E-state index in [-0.39, 0.29) is 11.8 Å². The average molecular weight is 416 g/mol. The number of carbonyl (C=O) groups is 1. The molecule has 0 aromatic heterocycles. The lowest BCUT2D eigenvalue weighted by Crippen LogP contribution is -2.42. The van der Waals surface area contributed by atoms with Crippen LogP contribution in [-0.2, 0) is 11.3 Å². The van der Waals surface area contributed by atoms with E-state index >= 15 is 0 Å². The molecule has 7 nitrogen and oxygen atoms in total. The molecular formula is C23H37N5O2. The number of hydrogen-bond donors (Lipinski definition) is 3. The summed E-state index contributed by atoms with van der Waals surface area (Å²) in [6.45, 7) is 7.22. The highest BCUT2D eigenvalue weighted by Gasteiger charge is 2.23. The number of likely N-dealkylation sites (tertiary alicyclic amines) is 1. The zero-order valence-electron chi connectivity index (χ0n) is 18.5. The van der Waals surface area contributed by atoms with E-state index in [1.54, 1.807) is 7.05 Å². The molecule has 2 fully saturated rings. The predicted molar refractivity (Wildman–Crippen MR) is 121 cm³/mol. The average Bonchev–Trinajstić information content (AvgIpc) is 3.57. The smallest absolute Gasteiger partial charge is 0.221 e. The fourth-order valence-corrected chi connectivity index (χ4v) is 3.83. The lowest BCUT2D eigenvalue weighted by Gasteiger charge is -2.31. The summed E-state index contributed by atoms with van der Waals surface area (Å²) in [5, 5.41) is 6.78. The van der Waals surface area contributed by atoms with Crippen LogP contribution in [0, 0.1) is 18.8 Å². The molecule has 1 aromatic rings. The quantitative estimate of drug-likeness (QED) is 0.309. The zero-order chi connectivity index (χ0) is 21.3. The largest absolute Gasteiger partial charge is 0.493 e. The highest BCUT2D eigenvalue weighted by atomic mass is 16.5. The Labute approximate surface area is 180 Å². The molecule has 0 bridgehead atoms. The van der Waals surface area contributed by atoms with Crippen molar-refractivity contribution in [2.24, 2.45) is 22.6 Å². The molecule has 7 heteroatoms. The van der Waals surface area contributed by atoms with Gasteiger partial charge in [0.05, 0.1) is 12.5 Å². The Morgan fingerprint density at radius 2 is 2.13 bits per heavy atom. The summed E-state index contributed by atoms with van der Waals surface area (Å²) in [6, 6.07) is 6.37. The Balaban J connectivity index is 1.39. The molecule has 1 aliphatic carbocycles. The number of amides is 1. The Morgan fingerprint density at radius 1 is 1.30 bits per heavy atom. The normalized spacial score (nSPS) is 20.1. The third-order valence-corrected chi connectivity index (χ3v) is 5.92. The van der Waals surface area contributed by atoms with Crippen molar-refractivity contribution in [1.29, 1.82) is 0 Å². The second kappa shape index (κ2) is 11.2. The number of aliphatic imine (C=N–C) groups is 1. The molecular weight excluding hydrogens is 378 g/mol. The van der Waals surface area contributed by atoms with E-state index in [9.17, 15) is 4.79 Å². The minimum Gasteiger partial charge on any atom is -0.493 e. The van der Waals surface area contributed by atoms with Crippen molar-refractivity contribution in [3.05, 3.63) is 29.3 Å². The molecule has 1 atom stereocenters. The zero-order valence-corrected chi connectivity index (χ0v) is 18.5. The summed E-state index contributed by atoms with van der Waals surface area (Å²) < 4.78 is 6.06. The first kappa shape index (κ1) is 22.4. The van der Waals surface area contributed by atoms with Crippen LogP contribution in [0.1, 0.15) is 43.2 Å². The van der Waals surface area contributed by atoms with Gasteiger partial charge in [-0.2, -0.15) is 0 Å². The molecule has 2 aliphatic rings. The fraction of sp³-hybridized carbons (Fsp3) is 0.652. The van der Waals surface area contributed by atoms with Gasteiger partial charge in [0, 0.05) is 32.2 Å². The first-order chi connectivity index (χ1) is 14.5. The Hall–Kier alpha value is -2.28. The van der Waals surface area contributed by atoms with Crippen LogP contribution in [0.2, 0.25) is 0 Å². The number of guanidine groups is 1. The summed E-state index contributed by atoms with van der Waals surface area (Å²) in [5.74, 6) is 2.33. The molecule has 1 aliphatic heterocycles. The first-order valence-corrected chi connectivity index (χ1v) is 11.2. The number of primary amides is 1. The van der Waals surface area contributed by atoms with Gasteiger partial charge in [-0.05, 0) is 69.7 Å². The molecule has 0 spiro atoms. The van der Waals surface area contributed by atoms with E-state index < -0.39 is 0 Å². The highest BCUT2D eigenvalue weighted by Crippen LogP contribution is 2.30. The molecule has 3 rings (SSSR count). The summed E-state index contributed by atoms with van der Waals surface area (Å²) in [5.41, 5.74) is 7.83. The van der Waals surface area contributed by atoms with E-state index in [4.69, 9.17) is 10.5 Å². The fourth-order valence-electron chi connectivity index (χ4n) is 3.83. The Kier molecular flexibility index (Phi) is 8.37. The third-order valence-electron chi connectivity index (χ3n) is 5.92. The second-order valence-electron chi connectivity index (χ2n) is 8.61. The van der Waals surface area contributed by atoms with Crippen LogP contribution in [-0.4, -0.2) is 56.6 Å². The molecule has 4 N–H and O–H groups in total. The maximum absolute atomic E-state index is 11.4. The number of hydrogen-bond acceptors (Lipinski definition) is 4. The summed E-state index contributed by atoms with van der Waals surface area (Å²) >= 11 is 0. The Bertz CT molecular complexity index is 732. The summed E-state index contributed by atoms with van der Waals surface area (Å²) in [6.07, 6.45) is 5.54. The van der Waals surface area contributed by atoms with Gasteiger partial charge in [0.25, 0.3) is 0 Å². The van der Waals surface area contributed by atoms with Gasteiger partial charge in [-0.25, -0.2) is 0 Å². The summed E-state index contributed by atoms with van der Waals surface area (Å²) in [7, 11) is 1.79. The molecule has 166 valence electrons. The Morgan fingerprint density at radius 3 is 2.87 bits per heavy atom. The van der Waals surface area contributed by atoms with Crippen molar-refractivity contribution in [2.75, 3.05) is 39.8 Å². The molecule has 1 saturated heterocycles. The lowest BCUT2D eigenvalue weighted by molar-refractivity contribution is -0.123. The van der Waals surface area contributed by atoms with Crippen LogP contribution >= 0.6 is 0 Å².